The van der Waals surface area contributed by atoms with Gasteiger partial charge in [-0.3, -0.25) is 9.97 Å². The van der Waals surface area contributed by atoms with Crippen LogP contribution in [0.3, 0.4) is 0 Å². The molecule has 0 saturated carbocycles. The van der Waals surface area contributed by atoms with E-state index in [1.807, 2.05) is 12.4 Å². The fourth-order valence-corrected chi connectivity index (χ4v) is 11.2. The summed E-state index contributed by atoms with van der Waals surface area (Å²) in [6.45, 7) is 0. The topological polar surface area (TPSA) is 35.6 Å². The van der Waals surface area contributed by atoms with Crippen molar-refractivity contribution in [1.29, 1.82) is 0 Å². The molecule has 15 rings (SSSR count). The van der Waals surface area contributed by atoms with Gasteiger partial charge >= 0.3 is 0 Å². The SMILES string of the molecule is c1cc(-c2cnc3c(ccc4cc(-n5c6ccccc6c6cc7ccccc7cc65)ccc43)c2)cc(-c2cnc3c(ccc4cc(-n5c6ccccc6c6cc7ccccc7cc65)ccc43)c2)c1. The maximum Gasteiger partial charge on any atom is 0.0780 e. The minimum absolute atomic E-state index is 1.00. The molecule has 0 amide bonds. The van der Waals surface area contributed by atoms with E-state index >= 15 is 0 Å². The fraction of sp³-hybridized carbons (Fsp3) is 0. The van der Waals surface area contributed by atoms with Crippen LogP contribution in [0.4, 0.5) is 0 Å². The van der Waals surface area contributed by atoms with Crippen molar-refractivity contribution in [1.82, 2.24) is 19.1 Å². The van der Waals surface area contributed by atoms with Gasteiger partial charge in [-0.1, -0.05) is 140 Å². The molecule has 0 N–H and O–H groups in total. The molecular weight excluding hydrogens is 825 g/mol. The molecule has 4 nitrogen and oxygen atoms in total. The molecule has 0 aliphatic rings. The Morgan fingerprint density at radius 1 is 0.235 bits per heavy atom. The van der Waals surface area contributed by atoms with Crippen molar-refractivity contribution in [3.05, 3.63) is 231 Å². The van der Waals surface area contributed by atoms with Crippen molar-refractivity contribution in [3.8, 4) is 33.6 Å². The highest BCUT2D eigenvalue weighted by Gasteiger charge is 2.17. The van der Waals surface area contributed by atoms with Crippen LogP contribution in [0.2, 0.25) is 0 Å². The summed E-state index contributed by atoms with van der Waals surface area (Å²) in [4.78, 5) is 10.3. The molecule has 15 aromatic rings. The van der Waals surface area contributed by atoms with Gasteiger partial charge in [0, 0.05) is 78.0 Å². The number of aromatic nitrogens is 4. The Kier molecular flexibility index (Phi) is 7.75. The second kappa shape index (κ2) is 14.2. The highest BCUT2D eigenvalue weighted by Crippen LogP contribution is 2.39. The standard InChI is InChI=1S/C64H38N4/c1-3-12-43-35-61-57(33-41(43)10-1)55-16-5-7-18-59(55)67(61)51-24-26-53-45(31-51)20-22-47-29-49(37-65-63(47)53)39-14-9-15-40(28-39)50-30-48-23-21-46-32-52(25-27-54(46)64(48)66-38-50)68-60-19-8-6-17-56(60)58-34-42-11-2-4-13-44(42)36-62(58)68/h1-38H. The zero-order valence-corrected chi connectivity index (χ0v) is 36.7. The molecule has 0 atom stereocenters. The minimum Gasteiger partial charge on any atom is -0.309 e. The number of para-hydroxylation sites is 2. The van der Waals surface area contributed by atoms with Crippen LogP contribution in [0, 0.1) is 0 Å². The lowest BCUT2D eigenvalue weighted by Gasteiger charge is -2.12. The van der Waals surface area contributed by atoms with Crippen LogP contribution in [0.1, 0.15) is 0 Å². The van der Waals surface area contributed by atoms with Crippen LogP contribution in [-0.2, 0) is 0 Å². The molecule has 0 fully saturated rings. The highest BCUT2D eigenvalue weighted by atomic mass is 15.0. The molecule has 0 spiro atoms. The van der Waals surface area contributed by atoms with Crippen molar-refractivity contribution in [3.63, 3.8) is 0 Å². The molecule has 0 aliphatic heterocycles. The van der Waals surface area contributed by atoms with E-state index in [4.69, 9.17) is 9.97 Å². The van der Waals surface area contributed by atoms with E-state index in [-0.39, 0.29) is 0 Å². The van der Waals surface area contributed by atoms with E-state index in [0.717, 1.165) is 77.0 Å². The summed E-state index contributed by atoms with van der Waals surface area (Å²) in [6.07, 6.45) is 4.04. The molecule has 4 heteroatoms. The van der Waals surface area contributed by atoms with Gasteiger partial charge in [0.05, 0.1) is 33.1 Å². The Hall–Kier alpha value is -9.12. The monoisotopic (exact) mass is 862 g/mol. The van der Waals surface area contributed by atoms with E-state index in [1.54, 1.807) is 0 Å². The van der Waals surface area contributed by atoms with Gasteiger partial charge in [-0.15, -0.1) is 0 Å². The first kappa shape index (κ1) is 37.1. The maximum absolute atomic E-state index is 5.13. The third-order valence-corrected chi connectivity index (χ3v) is 14.4. The van der Waals surface area contributed by atoms with Gasteiger partial charge in [-0.25, -0.2) is 0 Å². The number of fused-ring (bicyclic) bond motifs is 14. The summed E-state index contributed by atoms with van der Waals surface area (Å²) < 4.78 is 4.81. The Bertz CT molecular complexity index is 4340. The summed E-state index contributed by atoms with van der Waals surface area (Å²) in [6, 6.07) is 79.8. The highest BCUT2D eigenvalue weighted by molar-refractivity contribution is 6.16. The summed E-state index contributed by atoms with van der Waals surface area (Å²) in [5.41, 5.74) is 13.5. The summed E-state index contributed by atoms with van der Waals surface area (Å²) in [5, 5.41) is 16.9. The number of pyridine rings is 2. The van der Waals surface area contributed by atoms with Crippen LogP contribution < -0.4 is 0 Å². The maximum atomic E-state index is 5.13. The first-order valence-corrected chi connectivity index (χ1v) is 23.3. The van der Waals surface area contributed by atoms with E-state index in [2.05, 4.69) is 228 Å². The number of hydrogen-bond acceptors (Lipinski definition) is 2. The van der Waals surface area contributed by atoms with Crippen LogP contribution >= 0.6 is 0 Å². The van der Waals surface area contributed by atoms with Crippen LogP contribution in [0.15, 0.2) is 231 Å². The molecular formula is C64H38N4. The Morgan fingerprint density at radius 3 is 1.15 bits per heavy atom. The zero-order chi connectivity index (χ0) is 44.5. The molecule has 11 aromatic carbocycles. The average molecular weight is 863 g/mol. The van der Waals surface area contributed by atoms with Crippen molar-refractivity contribution in [2.45, 2.75) is 0 Å². The third kappa shape index (κ3) is 5.55. The van der Waals surface area contributed by atoms with Crippen molar-refractivity contribution < 1.29 is 0 Å². The summed E-state index contributed by atoms with van der Waals surface area (Å²) in [5.74, 6) is 0. The van der Waals surface area contributed by atoms with Gasteiger partial charge in [0.25, 0.3) is 0 Å². The Morgan fingerprint density at radius 2 is 0.662 bits per heavy atom. The van der Waals surface area contributed by atoms with Gasteiger partial charge in [-0.05, 0) is 122 Å². The summed E-state index contributed by atoms with van der Waals surface area (Å²) in [7, 11) is 0. The lowest BCUT2D eigenvalue weighted by Crippen LogP contribution is -1.94. The van der Waals surface area contributed by atoms with E-state index in [1.165, 1.54) is 65.2 Å². The molecule has 0 radical (unpaired) electrons. The van der Waals surface area contributed by atoms with E-state index < -0.39 is 0 Å². The van der Waals surface area contributed by atoms with Gasteiger partial charge in [-0.2, -0.15) is 0 Å². The zero-order valence-electron chi connectivity index (χ0n) is 36.7. The number of rotatable bonds is 4. The average Bonchev–Trinajstić information content (AvgIpc) is 3.90. The predicted octanol–water partition coefficient (Wildman–Crippen LogP) is 16.9. The first-order valence-electron chi connectivity index (χ1n) is 23.3. The third-order valence-electron chi connectivity index (χ3n) is 14.4. The van der Waals surface area contributed by atoms with Gasteiger partial charge < -0.3 is 9.13 Å². The Labute approximate surface area is 390 Å². The first-order chi connectivity index (χ1) is 33.7. The molecule has 0 aliphatic carbocycles. The van der Waals surface area contributed by atoms with Crippen LogP contribution in [-0.4, -0.2) is 19.1 Å². The number of nitrogens with zero attached hydrogens (tertiary/aromatic N) is 4. The van der Waals surface area contributed by atoms with Gasteiger partial charge in [0.2, 0.25) is 0 Å². The van der Waals surface area contributed by atoms with Gasteiger partial charge in [0.15, 0.2) is 0 Å². The largest absolute Gasteiger partial charge is 0.309 e. The van der Waals surface area contributed by atoms with Crippen molar-refractivity contribution in [2.24, 2.45) is 0 Å². The molecule has 0 unspecified atom stereocenters. The van der Waals surface area contributed by atoms with E-state index in [9.17, 15) is 0 Å². The number of benzene rings is 11. The molecule has 0 bridgehead atoms. The quantitative estimate of drug-likeness (QED) is 0.165. The number of hydrogen-bond donors (Lipinski definition) is 0. The van der Waals surface area contributed by atoms with Gasteiger partial charge in [0.1, 0.15) is 0 Å². The second-order valence-electron chi connectivity index (χ2n) is 18.3. The van der Waals surface area contributed by atoms with Crippen LogP contribution in [0.25, 0.3) is 142 Å². The lowest BCUT2D eigenvalue weighted by molar-refractivity contribution is 1.19. The lowest BCUT2D eigenvalue weighted by atomic mass is 9.97. The molecule has 4 aromatic heterocycles. The molecule has 0 saturated heterocycles. The Balaban J connectivity index is 0.763. The smallest absolute Gasteiger partial charge is 0.0780 e. The van der Waals surface area contributed by atoms with E-state index in [0.29, 0.717) is 0 Å². The fourth-order valence-electron chi connectivity index (χ4n) is 11.2. The minimum atomic E-state index is 1.00. The molecule has 68 heavy (non-hydrogen) atoms. The summed E-state index contributed by atoms with van der Waals surface area (Å²) >= 11 is 0. The second-order valence-corrected chi connectivity index (χ2v) is 18.3. The molecule has 4 heterocycles. The molecule has 314 valence electrons. The normalized spacial score (nSPS) is 12.1. The predicted molar refractivity (Wildman–Crippen MR) is 287 cm³/mol. The van der Waals surface area contributed by atoms with Crippen LogP contribution in [0.5, 0.6) is 0 Å². The van der Waals surface area contributed by atoms with Crippen molar-refractivity contribution >= 4 is 109 Å². The van der Waals surface area contributed by atoms with Crippen molar-refractivity contribution in [2.75, 3.05) is 0 Å².